The number of carboxylic acid groups (broad SMARTS) is 1. The largest absolute Gasteiger partial charge is 0.480 e. The van der Waals surface area contributed by atoms with Crippen LogP contribution in [0.25, 0.3) is 0 Å². The summed E-state index contributed by atoms with van der Waals surface area (Å²) in [4.78, 5) is 24.0. The van der Waals surface area contributed by atoms with Crippen molar-refractivity contribution in [2.45, 2.75) is 51.7 Å². The average Bonchev–Trinajstić information content (AvgIpc) is 2.25. The van der Waals surface area contributed by atoms with E-state index in [1.165, 1.54) is 0 Å². The molecule has 19 heavy (non-hydrogen) atoms. The standard InChI is InChI=1S/C13H23NO5/c1-12(2,3)19-11(17)14-7-5-13(4,6-8-14)18-9-10(15)16/h5-9H2,1-4H3,(H,15,16). The Morgan fingerprint density at radius 3 is 2.21 bits per heavy atom. The first kappa shape index (κ1) is 15.8. The van der Waals surface area contributed by atoms with Gasteiger partial charge in [0.25, 0.3) is 0 Å². The molecule has 1 fully saturated rings. The molecule has 6 nitrogen and oxygen atoms in total. The molecule has 1 N–H and O–H groups in total. The molecule has 0 aromatic carbocycles. The fourth-order valence-electron chi connectivity index (χ4n) is 1.87. The average molecular weight is 273 g/mol. The van der Waals surface area contributed by atoms with Gasteiger partial charge in [0.1, 0.15) is 12.2 Å². The van der Waals surface area contributed by atoms with Crippen molar-refractivity contribution in [1.29, 1.82) is 0 Å². The lowest BCUT2D eigenvalue weighted by Crippen LogP contribution is -2.48. The summed E-state index contributed by atoms with van der Waals surface area (Å²) in [5.41, 5.74) is -0.978. The number of ether oxygens (including phenoxy) is 2. The number of hydrogen-bond donors (Lipinski definition) is 1. The van der Waals surface area contributed by atoms with Gasteiger partial charge in [0.05, 0.1) is 5.60 Å². The summed E-state index contributed by atoms with van der Waals surface area (Å²) in [6.07, 6.45) is 0.895. The number of amides is 1. The molecule has 0 aromatic rings. The Balaban J connectivity index is 2.44. The Kier molecular flexibility index (Phi) is 4.79. The van der Waals surface area contributed by atoms with Crippen LogP contribution in [0, 0.1) is 0 Å². The number of rotatable bonds is 3. The van der Waals surface area contributed by atoms with E-state index in [2.05, 4.69) is 0 Å². The molecule has 0 aromatic heterocycles. The molecule has 1 amide bonds. The highest BCUT2D eigenvalue weighted by Gasteiger charge is 2.34. The van der Waals surface area contributed by atoms with E-state index < -0.39 is 17.2 Å². The van der Waals surface area contributed by atoms with Crippen molar-refractivity contribution in [3.63, 3.8) is 0 Å². The molecule has 0 bridgehead atoms. The molecule has 1 aliphatic heterocycles. The first-order valence-electron chi connectivity index (χ1n) is 6.45. The van der Waals surface area contributed by atoms with Crippen molar-refractivity contribution >= 4 is 12.1 Å². The van der Waals surface area contributed by atoms with Crippen LogP contribution < -0.4 is 0 Å². The third-order valence-electron chi connectivity index (χ3n) is 3.02. The molecule has 0 atom stereocenters. The van der Waals surface area contributed by atoms with E-state index in [9.17, 15) is 9.59 Å². The third-order valence-corrected chi connectivity index (χ3v) is 3.02. The number of piperidine rings is 1. The SMILES string of the molecule is CC(C)(C)OC(=O)N1CCC(C)(OCC(=O)O)CC1. The predicted molar refractivity (Wildman–Crippen MR) is 69.0 cm³/mol. The zero-order valence-corrected chi connectivity index (χ0v) is 12.1. The van der Waals surface area contributed by atoms with Gasteiger partial charge in [0.15, 0.2) is 0 Å². The van der Waals surface area contributed by atoms with Crippen molar-refractivity contribution < 1.29 is 24.2 Å². The number of hydrogen-bond acceptors (Lipinski definition) is 4. The van der Waals surface area contributed by atoms with E-state index in [4.69, 9.17) is 14.6 Å². The predicted octanol–water partition coefficient (Wildman–Crippen LogP) is 1.88. The van der Waals surface area contributed by atoms with Gasteiger partial charge in [-0.3, -0.25) is 0 Å². The second kappa shape index (κ2) is 5.77. The summed E-state index contributed by atoms with van der Waals surface area (Å²) in [5, 5.41) is 8.62. The molecule has 0 spiro atoms. The lowest BCUT2D eigenvalue weighted by Gasteiger charge is -2.39. The quantitative estimate of drug-likeness (QED) is 0.849. The fourth-order valence-corrected chi connectivity index (χ4v) is 1.87. The van der Waals surface area contributed by atoms with Gasteiger partial charge in [-0.25, -0.2) is 9.59 Å². The van der Waals surface area contributed by atoms with Crippen LogP contribution in [-0.2, 0) is 14.3 Å². The summed E-state index contributed by atoms with van der Waals surface area (Å²) in [6, 6.07) is 0. The van der Waals surface area contributed by atoms with Crippen LogP contribution in [-0.4, -0.2) is 53.0 Å². The Hall–Kier alpha value is -1.30. The zero-order chi connectivity index (χ0) is 14.7. The fraction of sp³-hybridized carbons (Fsp3) is 0.846. The van der Waals surface area contributed by atoms with Crippen LogP contribution in [0.2, 0.25) is 0 Å². The van der Waals surface area contributed by atoms with Gasteiger partial charge in [0, 0.05) is 13.1 Å². The van der Waals surface area contributed by atoms with E-state index >= 15 is 0 Å². The van der Waals surface area contributed by atoms with Crippen LogP contribution in [0.3, 0.4) is 0 Å². The minimum Gasteiger partial charge on any atom is -0.480 e. The van der Waals surface area contributed by atoms with E-state index in [1.54, 1.807) is 4.90 Å². The summed E-state index contributed by atoms with van der Waals surface area (Å²) in [5.74, 6) is -0.976. The molecule has 0 aliphatic carbocycles. The molecule has 0 unspecified atom stereocenters. The minimum atomic E-state index is -0.976. The maximum Gasteiger partial charge on any atom is 0.410 e. The molecular weight excluding hydrogens is 250 g/mol. The van der Waals surface area contributed by atoms with E-state index in [0.717, 1.165) is 0 Å². The van der Waals surface area contributed by atoms with Gasteiger partial charge < -0.3 is 19.5 Å². The Labute approximate surface area is 113 Å². The summed E-state index contributed by atoms with van der Waals surface area (Å²) in [7, 11) is 0. The Morgan fingerprint density at radius 2 is 1.79 bits per heavy atom. The smallest absolute Gasteiger partial charge is 0.410 e. The van der Waals surface area contributed by atoms with Crippen molar-refractivity contribution in [3.8, 4) is 0 Å². The maximum atomic E-state index is 11.9. The van der Waals surface area contributed by atoms with Crippen LogP contribution >= 0.6 is 0 Å². The van der Waals surface area contributed by atoms with Crippen molar-refractivity contribution in [3.05, 3.63) is 0 Å². The first-order valence-corrected chi connectivity index (χ1v) is 6.45. The molecule has 1 rings (SSSR count). The number of likely N-dealkylation sites (tertiary alicyclic amines) is 1. The molecular formula is C13H23NO5. The summed E-state index contributed by atoms with van der Waals surface area (Å²) >= 11 is 0. The van der Waals surface area contributed by atoms with Crippen LogP contribution in [0.4, 0.5) is 4.79 Å². The van der Waals surface area contributed by atoms with Crippen LogP contribution in [0.5, 0.6) is 0 Å². The van der Waals surface area contributed by atoms with E-state index in [-0.39, 0.29) is 12.7 Å². The lowest BCUT2D eigenvalue weighted by molar-refractivity contribution is -0.151. The minimum absolute atomic E-state index is 0.303. The molecule has 0 radical (unpaired) electrons. The number of carbonyl (C=O) groups excluding carboxylic acids is 1. The van der Waals surface area contributed by atoms with Crippen molar-refractivity contribution in [1.82, 2.24) is 4.90 Å². The highest BCUT2D eigenvalue weighted by molar-refractivity contribution is 5.68. The Morgan fingerprint density at radius 1 is 1.26 bits per heavy atom. The molecule has 110 valence electrons. The van der Waals surface area contributed by atoms with Gasteiger partial charge >= 0.3 is 12.1 Å². The van der Waals surface area contributed by atoms with E-state index in [0.29, 0.717) is 25.9 Å². The second-order valence-electron chi connectivity index (χ2n) is 6.10. The van der Waals surface area contributed by atoms with E-state index in [1.807, 2.05) is 27.7 Å². The molecule has 1 aliphatic rings. The molecule has 1 saturated heterocycles. The van der Waals surface area contributed by atoms with Gasteiger partial charge in [-0.2, -0.15) is 0 Å². The van der Waals surface area contributed by atoms with Gasteiger partial charge in [-0.05, 0) is 40.5 Å². The Bertz CT molecular complexity index is 339. The highest BCUT2D eigenvalue weighted by Crippen LogP contribution is 2.26. The van der Waals surface area contributed by atoms with Crippen LogP contribution in [0.1, 0.15) is 40.5 Å². The van der Waals surface area contributed by atoms with Gasteiger partial charge in [-0.15, -0.1) is 0 Å². The maximum absolute atomic E-state index is 11.9. The second-order valence-corrected chi connectivity index (χ2v) is 6.10. The number of carbonyl (C=O) groups is 2. The molecule has 6 heteroatoms. The lowest BCUT2D eigenvalue weighted by atomic mass is 9.93. The summed E-state index contributed by atoms with van der Waals surface area (Å²) in [6.45, 7) is 8.10. The number of carboxylic acids is 1. The zero-order valence-electron chi connectivity index (χ0n) is 12.1. The monoisotopic (exact) mass is 273 g/mol. The third kappa shape index (κ3) is 5.46. The topological polar surface area (TPSA) is 76.1 Å². The van der Waals surface area contributed by atoms with Gasteiger partial charge in [-0.1, -0.05) is 0 Å². The first-order chi connectivity index (χ1) is 8.61. The van der Waals surface area contributed by atoms with Crippen molar-refractivity contribution in [2.24, 2.45) is 0 Å². The summed E-state index contributed by atoms with van der Waals surface area (Å²) < 4.78 is 10.7. The van der Waals surface area contributed by atoms with Crippen molar-refractivity contribution in [2.75, 3.05) is 19.7 Å². The molecule has 1 heterocycles. The number of aliphatic carboxylic acids is 1. The molecule has 0 saturated carbocycles. The highest BCUT2D eigenvalue weighted by atomic mass is 16.6. The van der Waals surface area contributed by atoms with Crippen LogP contribution in [0.15, 0.2) is 0 Å². The van der Waals surface area contributed by atoms with Gasteiger partial charge in [0.2, 0.25) is 0 Å². The normalized spacial score (nSPS) is 19.1. The number of nitrogens with zero attached hydrogens (tertiary/aromatic N) is 1.